The van der Waals surface area contributed by atoms with Crippen molar-refractivity contribution in [2.75, 3.05) is 26.1 Å². The van der Waals surface area contributed by atoms with Crippen molar-refractivity contribution in [2.45, 2.75) is 89.1 Å². The van der Waals surface area contributed by atoms with Gasteiger partial charge in [-0.3, -0.25) is 14.9 Å². The highest BCUT2D eigenvalue weighted by Crippen LogP contribution is 2.51. The van der Waals surface area contributed by atoms with Crippen molar-refractivity contribution in [3.05, 3.63) is 46.5 Å². The van der Waals surface area contributed by atoms with Crippen LogP contribution in [0.3, 0.4) is 0 Å². The zero-order valence-electron chi connectivity index (χ0n) is 26.3. The average Bonchev–Trinajstić information content (AvgIpc) is 3.67. The number of carbonyl (C=O) groups is 3. The number of Topliss-reactive ketones (excluding diaryl/α,β-unsaturated/α-hetero) is 1. The number of halogens is 1. The Morgan fingerprint density at radius 2 is 2.05 bits per heavy atom. The summed E-state index contributed by atoms with van der Waals surface area (Å²) >= 11 is 6.69. The monoisotopic (exact) mass is 633 g/mol. The first-order valence-corrected chi connectivity index (χ1v) is 15.2. The maximum atomic E-state index is 13.9. The summed E-state index contributed by atoms with van der Waals surface area (Å²) in [4.78, 5) is 41.1. The Morgan fingerprint density at radius 1 is 1.34 bits per heavy atom. The molecular weight excluding hydrogens is 590 g/mol. The molecule has 4 rings (SSSR count). The lowest BCUT2D eigenvalue weighted by Gasteiger charge is -2.41. The number of aliphatic hydroxyl groups is 2. The number of alkyl carbamates (subject to hydrolysis) is 1. The fourth-order valence-corrected chi connectivity index (χ4v) is 6.47. The number of epoxide rings is 1. The predicted octanol–water partition coefficient (Wildman–Crippen LogP) is 3.29. The molecule has 0 radical (unpaired) electrons. The fraction of sp³-hybridized carbons (Fsp3) is 0.594. The number of aliphatic hydroxyl groups excluding tert-OH is 1. The second-order valence-electron chi connectivity index (χ2n) is 12.5. The van der Waals surface area contributed by atoms with Gasteiger partial charge in [0.15, 0.2) is 5.72 Å². The van der Waals surface area contributed by atoms with Gasteiger partial charge in [0.25, 0.3) is 0 Å². The van der Waals surface area contributed by atoms with E-state index in [0.29, 0.717) is 17.9 Å². The van der Waals surface area contributed by atoms with E-state index in [1.54, 1.807) is 39.2 Å². The molecule has 3 heterocycles. The Morgan fingerprint density at radius 3 is 2.70 bits per heavy atom. The first-order valence-electron chi connectivity index (χ1n) is 14.9. The van der Waals surface area contributed by atoms with E-state index < -0.39 is 53.6 Å². The number of hydrogen-bond donors (Lipinski definition) is 4. The minimum absolute atomic E-state index is 0.0151. The smallest absolute Gasteiger partial charge is 0.409 e. The minimum atomic E-state index is -1.98. The SMILES string of the molecule is CN[C@@H](C)C(=O)C[C@H]1CC(=O)N(C)c2cc(cc(OC)c2Cl)C/C(C)=C/C=C/[C@@H](O)[C@@]2(O)C[C@H](OC(=O)N2)[C@@H](C)[C@@H]2O[C@@]12C. The highest BCUT2D eigenvalue weighted by Gasteiger charge is 2.62. The van der Waals surface area contributed by atoms with Crippen LogP contribution in [0.5, 0.6) is 5.75 Å². The number of carbonyl (C=O) groups excluding carboxylic acids is 3. The number of rotatable bonds is 5. The average molecular weight is 634 g/mol. The molecule has 2 fully saturated rings. The van der Waals surface area contributed by atoms with Crippen LogP contribution in [0.25, 0.3) is 0 Å². The van der Waals surface area contributed by atoms with Crippen LogP contribution < -0.4 is 20.3 Å². The van der Waals surface area contributed by atoms with Gasteiger partial charge in [0, 0.05) is 38.1 Å². The molecule has 2 saturated heterocycles. The predicted molar refractivity (Wildman–Crippen MR) is 166 cm³/mol. The Kier molecular flexibility index (Phi) is 10.2. The molecule has 0 saturated carbocycles. The Hall–Kier alpha value is -2.96. The van der Waals surface area contributed by atoms with Gasteiger partial charge in [-0.1, -0.05) is 42.3 Å². The van der Waals surface area contributed by atoms with Crippen molar-refractivity contribution in [3.8, 4) is 5.75 Å². The van der Waals surface area contributed by atoms with E-state index in [0.717, 1.165) is 11.1 Å². The Labute approximate surface area is 263 Å². The van der Waals surface area contributed by atoms with E-state index in [1.807, 2.05) is 26.8 Å². The van der Waals surface area contributed by atoms with Crippen molar-refractivity contribution in [1.82, 2.24) is 10.6 Å². The summed E-state index contributed by atoms with van der Waals surface area (Å²) in [5, 5.41) is 27.9. The summed E-state index contributed by atoms with van der Waals surface area (Å²) < 4.78 is 17.3. The molecule has 0 aromatic heterocycles. The van der Waals surface area contributed by atoms with Crippen LogP contribution in [0, 0.1) is 11.8 Å². The molecule has 3 aliphatic heterocycles. The van der Waals surface area contributed by atoms with Crippen LogP contribution in [0.4, 0.5) is 10.5 Å². The molecule has 4 N–H and O–H groups in total. The number of methoxy groups -OCH3 is 1. The number of fused-ring (bicyclic) bond motifs is 5. The Bertz CT molecular complexity index is 1350. The third kappa shape index (κ3) is 6.97. The van der Waals surface area contributed by atoms with Crippen molar-refractivity contribution in [3.63, 3.8) is 0 Å². The molecule has 1 aromatic rings. The fourth-order valence-electron chi connectivity index (χ4n) is 6.16. The summed E-state index contributed by atoms with van der Waals surface area (Å²) in [5.41, 5.74) is -0.666. The van der Waals surface area contributed by atoms with Gasteiger partial charge in [-0.25, -0.2) is 4.79 Å². The first kappa shape index (κ1) is 33.9. The summed E-state index contributed by atoms with van der Waals surface area (Å²) in [7, 11) is 4.84. The van der Waals surface area contributed by atoms with Crippen LogP contribution in [-0.4, -0.2) is 84.9 Å². The van der Waals surface area contributed by atoms with Crippen LogP contribution in [0.15, 0.2) is 35.9 Å². The molecule has 44 heavy (non-hydrogen) atoms. The number of amides is 2. The largest absolute Gasteiger partial charge is 0.495 e. The summed E-state index contributed by atoms with van der Waals surface area (Å²) in [6.45, 7) is 7.35. The molecule has 2 amide bonds. The number of benzene rings is 1. The van der Waals surface area contributed by atoms with E-state index in [2.05, 4.69) is 10.6 Å². The van der Waals surface area contributed by atoms with Crippen LogP contribution in [0.1, 0.15) is 52.5 Å². The van der Waals surface area contributed by atoms with Gasteiger partial charge >= 0.3 is 6.09 Å². The van der Waals surface area contributed by atoms with Crippen LogP contribution in [0.2, 0.25) is 5.02 Å². The zero-order valence-corrected chi connectivity index (χ0v) is 27.1. The summed E-state index contributed by atoms with van der Waals surface area (Å²) in [5.74, 6) is -0.872. The topological polar surface area (TPSA) is 150 Å². The number of nitrogens with zero attached hydrogens (tertiary/aromatic N) is 1. The highest BCUT2D eigenvalue weighted by molar-refractivity contribution is 6.35. The number of ketones is 1. The van der Waals surface area contributed by atoms with Crippen molar-refractivity contribution in [2.24, 2.45) is 11.8 Å². The van der Waals surface area contributed by atoms with E-state index in [9.17, 15) is 24.6 Å². The van der Waals surface area contributed by atoms with Crippen molar-refractivity contribution < 1.29 is 38.8 Å². The van der Waals surface area contributed by atoms with E-state index in [1.165, 1.54) is 18.1 Å². The lowest BCUT2D eigenvalue weighted by atomic mass is 9.78. The molecule has 4 bridgehead atoms. The molecule has 242 valence electrons. The maximum absolute atomic E-state index is 13.9. The minimum Gasteiger partial charge on any atom is -0.495 e. The molecule has 1 aromatic carbocycles. The van der Waals surface area contributed by atoms with Gasteiger partial charge in [0.05, 0.1) is 30.5 Å². The molecule has 3 aliphatic rings. The van der Waals surface area contributed by atoms with E-state index in [4.69, 9.17) is 25.8 Å². The zero-order chi connectivity index (χ0) is 32.6. The van der Waals surface area contributed by atoms with Crippen LogP contribution >= 0.6 is 11.6 Å². The lowest BCUT2D eigenvalue weighted by Crippen LogP contribution is -2.63. The third-order valence-electron chi connectivity index (χ3n) is 9.32. The highest BCUT2D eigenvalue weighted by atomic mass is 35.5. The van der Waals surface area contributed by atoms with Gasteiger partial charge in [0.2, 0.25) is 5.91 Å². The van der Waals surface area contributed by atoms with Gasteiger partial charge in [0.1, 0.15) is 28.8 Å². The third-order valence-corrected chi connectivity index (χ3v) is 9.70. The molecule has 11 nitrogen and oxygen atoms in total. The number of ether oxygens (including phenoxy) is 3. The first-order chi connectivity index (χ1) is 20.6. The second-order valence-corrected chi connectivity index (χ2v) is 12.8. The molecule has 8 atom stereocenters. The number of likely N-dealkylation sites (N-methyl/N-ethyl adjacent to an activating group) is 1. The number of allylic oxidation sites excluding steroid dienone is 3. The molecule has 0 aliphatic carbocycles. The molecule has 0 spiro atoms. The standard InChI is InChI=1S/C32H44ClN3O8/c1-17-9-8-10-26(38)32(41)16-25(43-30(40)35-32)18(2)29-31(4,44-29)21(14-23(37)19(3)34-5)15-27(39)36(6)22-12-20(11-17)13-24(42-7)28(22)33/h8-10,12-13,18-19,21,25-26,29,34,38,41H,11,14-16H2,1-7H3,(H,35,40)/b10-8+,17-9+/t18-,19+,21+,25+,26-,29+,31+,32+/m1/s1. The summed E-state index contributed by atoms with van der Waals surface area (Å²) in [6, 6.07) is 3.20. The quantitative estimate of drug-likeness (QED) is 0.358. The molecule has 12 heteroatoms. The van der Waals surface area contributed by atoms with Crippen molar-refractivity contribution >= 4 is 35.1 Å². The number of hydrogen-bond acceptors (Lipinski definition) is 9. The van der Waals surface area contributed by atoms with Gasteiger partial charge in [-0.15, -0.1) is 0 Å². The summed E-state index contributed by atoms with van der Waals surface area (Å²) in [6.07, 6.45) is 1.66. The van der Waals surface area contributed by atoms with Gasteiger partial charge < -0.3 is 34.6 Å². The van der Waals surface area contributed by atoms with Gasteiger partial charge in [-0.2, -0.15) is 0 Å². The number of anilines is 1. The lowest BCUT2D eigenvalue weighted by molar-refractivity contribution is -0.133. The van der Waals surface area contributed by atoms with Gasteiger partial charge in [-0.05, 0) is 51.9 Å². The molecular formula is C32H44ClN3O8. The normalized spacial score (nSPS) is 35.4. The molecule has 0 unspecified atom stereocenters. The second kappa shape index (κ2) is 13.2. The number of nitrogens with one attached hydrogen (secondary N) is 2. The van der Waals surface area contributed by atoms with Crippen LogP contribution in [-0.2, 0) is 25.5 Å². The Balaban J connectivity index is 1.78. The van der Waals surface area contributed by atoms with Crippen molar-refractivity contribution in [1.29, 1.82) is 0 Å². The van der Waals surface area contributed by atoms with E-state index in [-0.39, 0.29) is 36.0 Å². The van der Waals surface area contributed by atoms with E-state index >= 15 is 0 Å². The maximum Gasteiger partial charge on any atom is 0.409 e.